The minimum Gasteiger partial charge on any atom is -0.497 e. The number of aromatic amines is 1. The molecule has 28 heavy (non-hydrogen) atoms. The van der Waals surface area contributed by atoms with Crippen molar-refractivity contribution >= 4 is 28.1 Å². The molecule has 0 aliphatic carbocycles. The van der Waals surface area contributed by atoms with Gasteiger partial charge in [-0.05, 0) is 37.1 Å². The van der Waals surface area contributed by atoms with E-state index in [1.807, 2.05) is 61.7 Å². The van der Waals surface area contributed by atoms with Gasteiger partial charge in [-0.15, -0.1) is 11.3 Å². The first kappa shape index (κ1) is 18.3. The van der Waals surface area contributed by atoms with Crippen molar-refractivity contribution in [1.82, 2.24) is 15.3 Å². The van der Waals surface area contributed by atoms with Gasteiger partial charge in [0.05, 0.1) is 12.8 Å². The van der Waals surface area contributed by atoms with Crippen LogP contribution in [0.3, 0.4) is 0 Å². The van der Waals surface area contributed by atoms with Gasteiger partial charge in [-0.25, -0.2) is 4.98 Å². The summed E-state index contributed by atoms with van der Waals surface area (Å²) in [5.41, 5.74) is 4.01. The summed E-state index contributed by atoms with van der Waals surface area (Å²) < 4.78 is 5.31. The number of fused-ring (bicyclic) bond motifs is 1. The molecule has 0 saturated carbocycles. The van der Waals surface area contributed by atoms with Crippen LogP contribution in [-0.4, -0.2) is 29.5 Å². The summed E-state index contributed by atoms with van der Waals surface area (Å²) in [5.74, 6) is 0.751. The Morgan fingerprint density at radius 3 is 2.82 bits per heavy atom. The number of H-pyrrole nitrogens is 1. The van der Waals surface area contributed by atoms with E-state index in [1.54, 1.807) is 7.11 Å². The number of rotatable bonds is 6. The number of nitrogens with one attached hydrogen (secondary N) is 2. The van der Waals surface area contributed by atoms with Crippen molar-refractivity contribution in [3.63, 3.8) is 0 Å². The standard InChI is InChI=1S/C22H21N3O2S/c1-14-20(28-22(25-14)15-6-4-3-5-7-15)21(26)23-11-10-16-13-24-19-9-8-17(27-2)12-18(16)19/h3-9,12-13,24H,10-11H2,1-2H3,(H,23,26). The molecule has 0 unspecified atom stereocenters. The van der Waals surface area contributed by atoms with Crippen LogP contribution in [0.25, 0.3) is 21.5 Å². The first-order chi connectivity index (χ1) is 13.7. The fourth-order valence-corrected chi connectivity index (χ4v) is 4.18. The van der Waals surface area contributed by atoms with E-state index in [-0.39, 0.29) is 5.91 Å². The summed E-state index contributed by atoms with van der Waals surface area (Å²) in [6.07, 6.45) is 2.73. The molecule has 0 aliphatic rings. The van der Waals surface area contributed by atoms with Gasteiger partial charge < -0.3 is 15.0 Å². The number of methoxy groups -OCH3 is 1. The molecule has 0 spiro atoms. The molecule has 0 saturated heterocycles. The molecule has 0 atom stereocenters. The predicted molar refractivity (Wildman–Crippen MR) is 113 cm³/mol. The van der Waals surface area contributed by atoms with E-state index in [0.717, 1.165) is 44.9 Å². The van der Waals surface area contributed by atoms with E-state index in [4.69, 9.17) is 4.74 Å². The Kier molecular flexibility index (Phi) is 5.12. The number of carbonyl (C=O) groups is 1. The SMILES string of the molecule is COc1ccc2[nH]cc(CCNC(=O)c3sc(-c4ccccc4)nc3C)c2c1. The number of aryl methyl sites for hydroxylation is 1. The highest BCUT2D eigenvalue weighted by molar-refractivity contribution is 7.17. The van der Waals surface area contributed by atoms with Crippen molar-refractivity contribution in [2.75, 3.05) is 13.7 Å². The Bertz CT molecular complexity index is 1120. The van der Waals surface area contributed by atoms with Gasteiger partial charge in [0.1, 0.15) is 15.6 Å². The number of thiazole rings is 1. The van der Waals surface area contributed by atoms with E-state index in [0.29, 0.717) is 11.4 Å². The van der Waals surface area contributed by atoms with Gasteiger partial charge >= 0.3 is 0 Å². The lowest BCUT2D eigenvalue weighted by atomic mass is 10.1. The first-order valence-electron chi connectivity index (χ1n) is 9.11. The quantitative estimate of drug-likeness (QED) is 0.505. The van der Waals surface area contributed by atoms with E-state index >= 15 is 0 Å². The third kappa shape index (κ3) is 3.64. The number of benzene rings is 2. The molecule has 2 aromatic carbocycles. The molecule has 2 N–H and O–H groups in total. The topological polar surface area (TPSA) is 67.0 Å². The average Bonchev–Trinajstić information content (AvgIpc) is 3.31. The van der Waals surface area contributed by atoms with Crippen LogP contribution in [0.4, 0.5) is 0 Å². The second-order valence-corrected chi connectivity index (χ2v) is 7.53. The highest BCUT2D eigenvalue weighted by Crippen LogP contribution is 2.28. The van der Waals surface area contributed by atoms with E-state index in [9.17, 15) is 4.79 Å². The molecular formula is C22H21N3O2S. The van der Waals surface area contributed by atoms with Gasteiger partial charge in [-0.3, -0.25) is 4.79 Å². The molecule has 0 radical (unpaired) electrons. The van der Waals surface area contributed by atoms with Gasteiger partial charge in [0.2, 0.25) is 0 Å². The number of amides is 1. The second-order valence-electron chi connectivity index (χ2n) is 6.53. The van der Waals surface area contributed by atoms with Crippen LogP contribution in [0.1, 0.15) is 20.9 Å². The highest BCUT2D eigenvalue weighted by Gasteiger charge is 2.16. The van der Waals surface area contributed by atoms with Gasteiger partial charge in [-0.2, -0.15) is 0 Å². The fourth-order valence-electron chi connectivity index (χ4n) is 3.19. The zero-order valence-electron chi connectivity index (χ0n) is 15.8. The third-order valence-corrected chi connectivity index (χ3v) is 5.88. The summed E-state index contributed by atoms with van der Waals surface area (Å²) in [4.78, 5) is 21.1. The van der Waals surface area contributed by atoms with E-state index in [1.165, 1.54) is 11.3 Å². The van der Waals surface area contributed by atoms with Crippen LogP contribution in [0, 0.1) is 6.92 Å². The van der Waals surface area contributed by atoms with Crippen molar-refractivity contribution in [2.24, 2.45) is 0 Å². The second kappa shape index (κ2) is 7.86. The van der Waals surface area contributed by atoms with Crippen LogP contribution in [0.15, 0.2) is 54.7 Å². The molecule has 0 fully saturated rings. The minimum absolute atomic E-state index is 0.0744. The fraction of sp³-hybridized carbons (Fsp3) is 0.182. The summed E-state index contributed by atoms with van der Waals surface area (Å²) >= 11 is 1.43. The van der Waals surface area contributed by atoms with Crippen LogP contribution >= 0.6 is 11.3 Å². The maximum Gasteiger partial charge on any atom is 0.263 e. The van der Waals surface area contributed by atoms with Crippen molar-refractivity contribution in [3.05, 3.63) is 70.9 Å². The summed E-state index contributed by atoms with van der Waals surface area (Å²) in [6.45, 7) is 2.44. The molecule has 0 bridgehead atoms. The van der Waals surface area contributed by atoms with Crippen molar-refractivity contribution in [2.45, 2.75) is 13.3 Å². The molecule has 2 heterocycles. The van der Waals surface area contributed by atoms with E-state index < -0.39 is 0 Å². The van der Waals surface area contributed by atoms with Gasteiger partial charge in [-0.1, -0.05) is 30.3 Å². The van der Waals surface area contributed by atoms with Gasteiger partial charge in [0.25, 0.3) is 5.91 Å². The molecule has 2 aromatic heterocycles. The summed E-state index contributed by atoms with van der Waals surface area (Å²) in [6, 6.07) is 15.9. The Labute approximate surface area is 167 Å². The van der Waals surface area contributed by atoms with Crippen molar-refractivity contribution < 1.29 is 9.53 Å². The molecule has 142 valence electrons. The summed E-state index contributed by atoms with van der Waals surface area (Å²) in [7, 11) is 1.66. The van der Waals surface area contributed by atoms with Crippen molar-refractivity contribution in [1.29, 1.82) is 0 Å². The lowest BCUT2D eigenvalue weighted by Gasteiger charge is -2.04. The van der Waals surface area contributed by atoms with Crippen molar-refractivity contribution in [3.8, 4) is 16.3 Å². The Balaban J connectivity index is 1.43. The number of nitrogens with zero attached hydrogens (tertiary/aromatic N) is 1. The normalized spacial score (nSPS) is 10.9. The average molecular weight is 391 g/mol. The lowest BCUT2D eigenvalue weighted by Crippen LogP contribution is -2.25. The smallest absolute Gasteiger partial charge is 0.263 e. The van der Waals surface area contributed by atoms with Crippen LogP contribution < -0.4 is 10.1 Å². The summed E-state index contributed by atoms with van der Waals surface area (Å²) in [5, 5.41) is 5.01. The minimum atomic E-state index is -0.0744. The Morgan fingerprint density at radius 2 is 2.04 bits per heavy atom. The first-order valence-corrected chi connectivity index (χ1v) is 9.92. The van der Waals surface area contributed by atoms with Gasteiger partial charge in [0.15, 0.2) is 0 Å². The Hall–Kier alpha value is -3.12. The molecule has 1 amide bonds. The third-order valence-electron chi connectivity index (χ3n) is 4.68. The predicted octanol–water partition coefficient (Wildman–Crippen LogP) is 4.58. The molecule has 5 nitrogen and oxygen atoms in total. The molecular weight excluding hydrogens is 370 g/mol. The lowest BCUT2D eigenvalue weighted by molar-refractivity contribution is 0.0957. The monoisotopic (exact) mass is 391 g/mol. The maximum atomic E-state index is 12.6. The number of carbonyl (C=O) groups excluding carboxylic acids is 1. The molecule has 4 aromatic rings. The maximum absolute atomic E-state index is 12.6. The van der Waals surface area contributed by atoms with Gasteiger partial charge in [0, 0.05) is 29.2 Å². The van der Waals surface area contributed by atoms with Crippen LogP contribution in [-0.2, 0) is 6.42 Å². The largest absolute Gasteiger partial charge is 0.497 e. The van der Waals surface area contributed by atoms with Crippen LogP contribution in [0.2, 0.25) is 0 Å². The highest BCUT2D eigenvalue weighted by atomic mass is 32.1. The Morgan fingerprint density at radius 1 is 1.21 bits per heavy atom. The molecule has 0 aliphatic heterocycles. The number of hydrogen-bond acceptors (Lipinski definition) is 4. The zero-order valence-corrected chi connectivity index (χ0v) is 16.6. The molecule has 6 heteroatoms. The molecule has 4 rings (SSSR count). The number of aromatic nitrogens is 2. The number of ether oxygens (including phenoxy) is 1. The zero-order chi connectivity index (χ0) is 19.5. The van der Waals surface area contributed by atoms with E-state index in [2.05, 4.69) is 15.3 Å². The van der Waals surface area contributed by atoms with Crippen LogP contribution in [0.5, 0.6) is 5.75 Å². The number of hydrogen-bond donors (Lipinski definition) is 2.